The Bertz CT molecular complexity index is 471. The van der Waals surface area contributed by atoms with Gasteiger partial charge in [-0.25, -0.2) is 9.78 Å². The van der Waals surface area contributed by atoms with Crippen LogP contribution in [-0.4, -0.2) is 21.0 Å². The molecule has 0 fully saturated rings. The van der Waals surface area contributed by atoms with Gasteiger partial charge in [-0.05, 0) is 11.4 Å². The Balaban J connectivity index is 2.22. The Morgan fingerprint density at radius 1 is 1.47 bits per heavy atom. The maximum Gasteiger partial charge on any atom is 0.356 e. The smallest absolute Gasteiger partial charge is 0.356 e. The highest BCUT2D eigenvalue weighted by atomic mass is 32.2. The van der Waals surface area contributed by atoms with Crippen LogP contribution in [0.1, 0.15) is 10.5 Å². The first-order valence-corrected chi connectivity index (χ1v) is 5.72. The molecule has 2 heterocycles. The van der Waals surface area contributed by atoms with Gasteiger partial charge >= 0.3 is 5.97 Å². The summed E-state index contributed by atoms with van der Waals surface area (Å²) in [4.78, 5) is 18.4. The predicted octanol–water partition coefficient (Wildman–Crippen LogP) is 2.39. The van der Waals surface area contributed by atoms with Crippen molar-refractivity contribution >= 4 is 29.1 Å². The number of nitrogens with zero attached hydrogens (tertiary/aromatic N) is 2. The second-order valence-electron chi connectivity index (χ2n) is 2.58. The summed E-state index contributed by atoms with van der Waals surface area (Å²) in [5, 5.41) is 11.3. The van der Waals surface area contributed by atoms with Crippen LogP contribution < -0.4 is 0 Å². The minimum absolute atomic E-state index is 0.0310. The van der Waals surface area contributed by atoms with Crippen molar-refractivity contribution in [3.05, 3.63) is 35.6 Å². The van der Waals surface area contributed by atoms with Crippen LogP contribution in [0.2, 0.25) is 0 Å². The van der Waals surface area contributed by atoms with Crippen LogP contribution >= 0.6 is 23.1 Å². The third-order valence-corrected chi connectivity index (χ3v) is 3.48. The molecule has 0 aromatic carbocycles. The number of carboxylic acid groups (broad SMARTS) is 1. The van der Waals surface area contributed by atoms with E-state index in [1.165, 1.54) is 18.0 Å². The molecule has 0 spiro atoms. The van der Waals surface area contributed by atoms with E-state index in [2.05, 4.69) is 9.97 Å². The van der Waals surface area contributed by atoms with Crippen LogP contribution in [0.25, 0.3) is 0 Å². The Morgan fingerprint density at radius 2 is 2.33 bits per heavy atom. The number of aromatic nitrogens is 2. The molecule has 0 amide bonds. The van der Waals surface area contributed by atoms with Crippen molar-refractivity contribution in [1.29, 1.82) is 0 Å². The van der Waals surface area contributed by atoms with Gasteiger partial charge in [0.25, 0.3) is 0 Å². The van der Waals surface area contributed by atoms with Crippen molar-refractivity contribution in [1.82, 2.24) is 9.97 Å². The van der Waals surface area contributed by atoms with E-state index in [1.54, 1.807) is 17.5 Å². The molecular weight excluding hydrogens is 232 g/mol. The van der Waals surface area contributed by atoms with Crippen molar-refractivity contribution in [2.24, 2.45) is 0 Å². The maximum atomic E-state index is 10.6. The van der Waals surface area contributed by atoms with Crippen molar-refractivity contribution < 1.29 is 9.90 Å². The fraction of sp³-hybridized carbons (Fsp3) is 0. The summed E-state index contributed by atoms with van der Waals surface area (Å²) < 4.78 is 1.06. The molecule has 6 heteroatoms. The third-order valence-electron chi connectivity index (χ3n) is 1.53. The lowest BCUT2D eigenvalue weighted by molar-refractivity contribution is 0.0689. The van der Waals surface area contributed by atoms with E-state index in [-0.39, 0.29) is 5.69 Å². The lowest BCUT2D eigenvalue weighted by Gasteiger charge is -1.98. The maximum absolute atomic E-state index is 10.6. The SMILES string of the molecule is O=C(O)c1cncc(Sc2cccs2)n1. The topological polar surface area (TPSA) is 63.1 Å². The second-order valence-corrected chi connectivity index (χ2v) is 4.85. The van der Waals surface area contributed by atoms with E-state index >= 15 is 0 Å². The molecule has 0 atom stereocenters. The highest BCUT2D eigenvalue weighted by molar-refractivity contribution is 8.01. The first kappa shape index (κ1) is 10.1. The van der Waals surface area contributed by atoms with Gasteiger partial charge in [0, 0.05) is 0 Å². The molecule has 2 rings (SSSR count). The Kier molecular flexibility index (Phi) is 2.98. The molecule has 0 aliphatic heterocycles. The van der Waals surface area contributed by atoms with E-state index < -0.39 is 5.97 Å². The van der Waals surface area contributed by atoms with Gasteiger partial charge in [0.1, 0.15) is 5.03 Å². The molecule has 76 valence electrons. The van der Waals surface area contributed by atoms with E-state index in [9.17, 15) is 4.79 Å². The predicted molar refractivity (Wildman–Crippen MR) is 57.4 cm³/mol. The van der Waals surface area contributed by atoms with E-state index in [0.717, 1.165) is 4.21 Å². The van der Waals surface area contributed by atoms with Crippen molar-refractivity contribution in [2.45, 2.75) is 9.24 Å². The Morgan fingerprint density at radius 3 is 3.00 bits per heavy atom. The lowest BCUT2D eigenvalue weighted by Crippen LogP contribution is -2.01. The van der Waals surface area contributed by atoms with E-state index in [0.29, 0.717) is 5.03 Å². The summed E-state index contributed by atoms with van der Waals surface area (Å²) in [6.45, 7) is 0. The average molecular weight is 238 g/mol. The monoisotopic (exact) mass is 238 g/mol. The normalized spacial score (nSPS) is 10.1. The molecule has 4 nitrogen and oxygen atoms in total. The average Bonchev–Trinajstić information content (AvgIpc) is 2.71. The van der Waals surface area contributed by atoms with Gasteiger partial charge in [0.2, 0.25) is 0 Å². The molecule has 0 aliphatic carbocycles. The highest BCUT2D eigenvalue weighted by Gasteiger charge is 2.07. The number of rotatable bonds is 3. The summed E-state index contributed by atoms with van der Waals surface area (Å²) >= 11 is 2.99. The number of thiophene rings is 1. The van der Waals surface area contributed by atoms with E-state index in [4.69, 9.17) is 5.11 Å². The highest BCUT2D eigenvalue weighted by Crippen LogP contribution is 2.29. The fourth-order valence-corrected chi connectivity index (χ4v) is 2.60. The summed E-state index contributed by atoms with van der Waals surface area (Å²) in [5.74, 6) is -1.06. The van der Waals surface area contributed by atoms with Crippen LogP contribution in [0, 0.1) is 0 Å². The minimum atomic E-state index is -1.06. The van der Waals surface area contributed by atoms with Gasteiger partial charge in [-0.2, -0.15) is 0 Å². The quantitative estimate of drug-likeness (QED) is 0.889. The molecule has 2 aromatic heterocycles. The largest absolute Gasteiger partial charge is 0.476 e. The Hall–Kier alpha value is -1.40. The number of aromatic carboxylic acids is 1. The summed E-state index contributed by atoms with van der Waals surface area (Å²) in [7, 11) is 0. The molecule has 0 unspecified atom stereocenters. The van der Waals surface area contributed by atoms with Crippen LogP contribution in [-0.2, 0) is 0 Å². The molecule has 0 saturated carbocycles. The summed E-state index contributed by atoms with van der Waals surface area (Å²) in [6.07, 6.45) is 2.79. The van der Waals surface area contributed by atoms with Crippen LogP contribution in [0.15, 0.2) is 39.1 Å². The third kappa shape index (κ3) is 2.54. The van der Waals surface area contributed by atoms with Crippen LogP contribution in [0.4, 0.5) is 0 Å². The van der Waals surface area contributed by atoms with Crippen molar-refractivity contribution in [3.8, 4) is 0 Å². The molecule has 2 aromatic rings. The zero-order valence-electron chi connectivity index (χ0n) is 7.45. The molecule has 1 N–H and O–H groups in total. The van der Waals surface area contributed by atoms with E-state index in [1.807, 2.05) is 17.5 Å². The summed E-state index contributed by atoms with van der Waals surface area (Å²) in [6, 6.07) is 3.88. The molecular formula is C9H6N2O2S2. The second kappa shape index (κ2) is 4.41. The molecule has 0 aliphatic rings. The number of carbonyl (C=O) groups is 1. The van der Waals surface area contributed by atoms with Gasteiger partial charge in [-0.3, -0.25) is 4.98 Å². The first-order chi connectivity index (χ1) is 7.25. The lowest BCUT2D eigenvalue weighted by atomic mass is 10.5. The van der Waals surface area contributed by atoms with Gasteiger partial charge in [0.05, 0.1) is 16.6 Å². The van der Waals surface area contributed by atoms with Gasteiger partial charge in [-0.1, -0.05) is 17.8 Å². The zero-order chi connectivity index (χ0) is 10.7. The first-order valence-electron chi connectivity index (χ1n) is 4.02. The van der Waals surface area contributed by atoms with Crippen LogP contribution in [0.3, 0.4) is 0 Å². The summed E-state index contributed by atoms with van der Waals surface area (Å²) in [5.41, 5.74) is -0.0310. The fourth-order valence-electron chi connectivity index (χ4n) is 0.925. The van der Waals surface area contributed by atoms with Crippen molar-refractivity contribution in [3.63, 3.8) is 0 Å². The van der Waals surface area contributed by atoms with Crippen LogP contribution in [0.5, 0.6) is 0 Å². The number of hydrogen-bond donors (Lipinski definition) is 1. The standard InChI is InChI=1S/C9H6N2O2S2/c12-9(13)6-4-10-5-7(11-6)15-8-2-1-3-14-8/h1-5H,(H,12,13). The van der Waals surface area contributed by atoms with Gasteiger partial charge < -0.3 is 5.11 Å². The molecule has 0 saturated heterocycles. The molecule has 15 heavy (non-hydrogen) atoms. The number of carboxylic acids is 1. The molecule has 0 radical (unpaired) electrons. The number of hydrogen-bond acceptors (Lipinski definition) is 5. The molecule has 0 bridgehead atoms. The Labute approximate surface area is 94.0 Å². The van der Waals surface area contributed by atoms with Gasteiger partial charge in [-0.15, -0.1) is 11.3 Å². The van der Waals surface area contributed by atoms with Gasteiger partial charge in [0.15, 0.2) is 5.69 Å². The van der Waals surface area contributed by atoms with Crippen molar-refractivity contribution in [2.75, 3.05) is 0 Å². The zero-order valence-corrected chi connectivity index (χ0v) is 9.09. The minimum Gasteiger partial charge on any atom is -0.476 e.